The summed E-state index contributed by atoms with van der Waals surface area (Å²) >= 11 is 0. The van der Waals surface area contributed by atoms with Gasteiger partial charge in [0.25, 0.3) is 0 Å². The molecule has 9 heteroatoms. The van der Waals surface area contributed by atoms with Gasteiger partial charge in [0.15, 0.2) is 6.61 Å². The number of rotatable bonds is 9. The second kappa shape index (κ2) is 10.0. The van der Waals surface area contributed by atoms with Crippen LogP contribution < -0.4 is 9.88 Å². The molecule has 0 aliphatic carbocycles. The highest BCUT2D eigenvalue weighted by atomic mass is 32.2. The van der Waals surface area contributed by atoms with E-state index in [2.05, 4.69) is 16.7 Å². The van der Waals surface area contributed by atoms with Crippen LogP contribution in [0.3, 0.4) is 0 Å². The van der Waals surface area contributed by atoms with Crippen LogP contribution >= 0.6 is 0 Å². The number of aryl methyl sites for hydroxylation is 2. The zero-order valence-corrected chi connectivity index (χ0v) is 19.5. The molecule has 33 heavy (non-hydrogen) atoms. The molecule has 174 valence electrons. The highest BCUT2D eigenvalue weighted by molar-refractivity contribution is 7.89. The third kappa shape index (κ3) is 5.68. The molecular weight excluding hydrogens is 444 g/mol. The first-order valence-corrected chi connectivity index (χ1v) is 11.8. The van der Waals surface area contributed by atoms with Gasteiger partial charge in [-0.05, 0) is 50.1 Å². The van der Waals surface area contributed by atoms with Crippen LogP contribution in [0.1, 0.15) is 37.7 Å². The van der Waals surface area contributed by atoms with Gasteiger partial charge in [0.1, 0.15) is 10.6 Å². The van der Waals surface area contributed by atoms with Gasteiger partial charge in [0, 0.05) is 23.5 Å². The van der Waals surface area contributed by atoms with Gasteiger partial charge >= 0.3 is 5.97 Å². The first-order chi connectivity index (χ1) is 15.6. The molecule has 1 aromatic heterocycles. The quantitative estimate of drug-likeness (QED) is 0.379. The maximum atomic E-state index is 12.7. The van der Waals surface area contributed by atoms with Crippen LogP contribution in [-0.4, -0.2) is 38.5 Å². The normalized spacial score (nSPS) is 11.3. The van der Waals surface area contributed by atoms with Gasteiger partial charge in [0.05, 0.1) is 12.7 Å². The van der Waals surface area contributed by atoms with Gasteiger partial charge in [0.2, 0.25) is 15.8 Å². The van der Waals surface area contributed by atoms with Gasteiger partial charge in [-0.3, -0.25) is 4.79 Å². The lowest BCUT2D eigenvalue weighted by molar-refractivity contribution is 0.0474. The summed E-state index contributed by atoms with van der Waals surface area (Å²) in [6.07, 6.45) is 0.823. The van der Waals surface area contributed by atoms with Crippen LogP contribution in [0.5, 0.6) is 5.75 Å². The smallest absolute Gasteiger partial charge is 0.338 e. The number of aromatic nitrogens is 1. The third-order valence-electron chi connectivity index (χ3n) is 5.38. The molecule has 3 rings (SSSR count). The number of ketones is 1. The van der Waals surface area contributed by atoms with Gasteiger partial charge < -0.3 is 14.0 Å². The number of hydrogen-bond acceptors (Lipinski definition) is 6. The monoisotopic (exact) mass is 470 g/mol. The summed E-state index contributed by atoms with van der Waals surface area (Å²) in [5.41, 5.74) is 3.36. The molecule has 8 nitrogen and oxygen atoms in total. The molecule has 0 amide bonds. The molecule has 0 fully saturated rings. The van der Waals surface area contributed by atoms with Crippen LogP contribution in [0.25, 0.3) is 0 Å². The Morgan fingerprint density at radius 3 is 2.36 bits per heavy atom. The predicted molar refractivity (Wildman–Crippen MR) is 123 cm³/mol. The number of ether oxygens (including phenoxy) is 2. The fraction of sp³-hybridized carbons (Fsp3) is 0.250. The Bertz CT molecular complexity index is 1280. The maximum absolute atomic E-state index is 12.7. The minimum Gasteiger partial charge on any atom is -0.495 e. The summed E-state index contributed by atoms with van der Waals surface area (Å²) in [5.74, 6) is -1.18. The van der Waals surface area contributed by atoms with Gasteiger partial charge in [-0.25, -0.2) is 18.4 Å². The van der Waals surface area contributed by atoms with E-state index in [1.807, 2.05) is 32.0 Å². The van der Waals surface area contributed by atoms with Crippen molar-refractivity contribution in [3.05, 3.63) is 82.7 Å². The zero-order valence-electron chi connectivity index (χ0n) is 18.7. The van der Waals surface area contributed by atoms with Crippen molar-refractivity contribution in [3.8, 4) is 5.75 Å². The van der Waals surface area contributed by atoms with E-state index < -0.39 is 22.6 Å². The van der Waals surface area contributed by atoms with E-state index in [0.29, 0.717) is 5.56 Å². The Balaban J connectivity index is 1.69. The summed E-state index contributed by atoms with van der Waals surface area (Å²) in [5, 5.41) is 5.18. The van der Waals surface area contributed by atoms with Crippen molar-refractivity contribution >= 4 is 21.8 Å². The molecule has 0 atom stereocenters. The van der Waals surface area contributed by atoms with E-state index in [4.69, 9.17) is 14.6 Å². The van der Waals surface area contributed by atoms with E-state index >= 15 is 0 Å². The summed E-state index contributed by atoms with van der Waals surface area (Å²) in [7, 11) is -2.82. The van der Waals surface area contributed by atoms with Crippen molar-refractivity contribution in [2.45, 2.75) is 31.7 Å². The number of sulfonamides is 1. The summed E-state index contributed by atoms with van der Waals surface area (Å²) < 4.78 is 35.7. The standard InChI is InChI=1S/C24H26N2O6S/c1-16-13-20(17(2)26(16)12-11-18-7-5-4-6-8-18)21(27)15-32-24(28)19-9-10-22(31-3)23(14-19)33(25,29)30/h4-10,13-14H,11-12,15H2,1-3H3,(H2,25,29,30). The third-order valence-corrected chi connectivity index (χ3v) is 6.31. The maximum Gasteiger partial charge on any atom is 0.338 e. The largest absolute Gasteiger partial charge is 0.495 e. The van der Waals surface area contributed by atoms with Crippen molar-refractivity contribution in [1.29, 1.82) is 0 Å². The number of nitrogens with zero attached hydrogens (tertiary/aromatic N) is 1. The first-order valence-electron chi connectivity index (χ1n) is 10.2. The van der Waals surface area contributed by atoms with Crippen LogP contribution in [0.2, 0.25) is 0 Å². The average Bonchev–Trinajstić information content (AvgIpc) is 3.08. The summed E-state index contributed by atoms with van der Waals surface area (Å²) in [4.78, 5) is 24.8. The number of benzene rings is 2. The lowest BCUT2D eigenvalue weighted by atomic mass is 10.1. The SMILES string of the molecule is COc1ccc(C(=O)OCC(=O)c2cc(C)n(CCc3ccccc3)c2C)cc1S(N)(=O)=O. The van der Waals surface area contributed by atoms with Crippen LogP contribution in [0.15, 0.2) is 59.5 Å². The highest BCUT2D eigenvalue weighted by Crippen LogP contribution is 2.24. The highest BCUT2D eigenvalue weighted by Gasteiger charge is 2.21. The van der Waals surface area contributed by atoms with Crippen LogP contribution in [-0.2, 0) is 27.7 Å². The molecular formula is C24H26N2O6S. The molecule has 0 spiro atoms. The van der Waals surface area contributed by atoms with Crippen LogP contribution in [0.4, 0.5) is 0 Å². The molecule has 2 aromatic carbocycles. The second-order valence-electron chi connectivity index (χ2n) is 7.58. The summed E-state index contributed by atoms with van der Waals surface area (Å²) in [6.45, 7) is 4.03. The van der Waals surface area contributed by atoms with Crippen LogP contribution in [0, 0.1) is 13.8 Å². The molecule has 0 bridgehead atoms. The van der Waals surface area contributed by atoms with E-state index in [1.54, 1.807) is 6.07 Å². The van der Waals surface area contributed by atoms with Crippen molar-refractivity contribution in [1.82, 2.24) is 4.57 Å². The van der Waals surface area contributed by atoms with Crippen molar-refractivity contribution < 1.29 is 27.5 Å². The topological polar surface area (TPSA) is 118 Å². The number of primary sulfonamides is 1. The Morgan fingerprint density at radius 1 is 1.03 bits per heavy atom. The Kier molecular flexibility index (Phi) is 7.35. The predicted octanol–water partition coefficient (Wildman–Crippen LogP) is 3.04. The number of methoxy groups -OCH3 is 1. The number of Topliss-reactive ketones (excluding diaryl/α,β-unsaturated/α-hetero) is 1. The molecule has 2 N–H and O–H groups in total. The van der Waals surface area contributed by atoms with E-state index in [0.717, 1.165) is 30.4 Å². The Morgan fingerprint density at radius 2 is 1.73 bits per heavy atom. The second-order valence-corrected chi connectivity index (χ2v) is 9.11. The number of carbonyl (C=O) groups excluding carboxylic acids is 2. The molecule has 0 unspecified atom stereocenters. The lowest BCUT2D eigenvalue weighted by Crippen LogP contribution is -2.17. The van der Waals surface area contributed by atoms with Gasteiger partial charge in [-0.2, -0.15) is 0 Å². The number of esters is 1. The fourth-order valence-corrected chi connectivity index (χ4v) is 4.35. The Hall–Kier alpha value is -3.43. The number of nitrogens with two attached hydrogens (primary N) is 1. The summed E-state index contributed by atoms with van der Waals surface area (Å²) in [6, 6.07) is 15.6. The minimum atomic E-state index is -4.11. The van der Waals surface area contributed by atoms with E-state index in [1.165, 1.54) is 24.8 Å². The zero-order chi connectivity index (χ0) is 24.2. The molecule has 0 saturated carbocycles. The lowest BCUT2D eigenvalue weighted by Gasteiger charge is -2.10. The van der Waals surface area contributed by atoms with Crippen molar-refractivity contribution in [3.63, 3.8) is 0 Å². The molecule has 0 aliphatic heterocycles. The number of carbonyl (C=O) groups is 2. The van der Waals surface area contributed by atoms with Gasteiger partial charge in [-0.15, -0.1) is 0 Å². The molecule has 0 aliphatic rings. The molecule has 0 saturated heterocycles. The van der Waals surface area contributed by atoms with Gasteiger partial charge in [-0.1, -0.05) is 30.3 Å². The molecule has 0 radical (unpaired) electrons. The van der Waals surface area contributed by atoms with E-state index in [9.17, 15) is 18.0 Å². The van der Waals surface area contributed by atoms with Crippen molar-refractivity contribution in [2.24, 2.45) is 5.14 Å². The fourth-order valence-electron chi connectivity index (χ4n) is 3.63. The van der Waals surface area contributed by atoms with Crippen molar-refractivity contribution in [2.75, 3.05) is 13.7 Å². The van der Waals surface area contributed by atoms with E-state index in [-0.39, 0.29) is 22.0 Å². The number of hydrogen-bond donors (Lipinski definition) is 1. The molecule has 1 heterocycles. The average molecular weight is 471 g/mol. The Labute approximate surface area is 193 Å². The first kappa shape index (κ1) is 24.2. The molecule has 3 aromatic rings. The minimum absolute atomic E-state index is 0.00747.